The molecule has 2 N–H and O–H groups in total. The maximum Gasteiger partial charge on any atom is 0.128 e. The third-order valence-corrected chi connectivity index (χ3v) is 3.19. The Hall–Kier alpha value is -1.85. The predicted octanol–water partition coefficient (Wildman–Crippen LogP) is 2.49. The van der Waals surface area contributed by atoms with Crippen LogP contribution in [0.3, 0.4) is 0 Å². The number of nitrogens with zero attached hydrogens (tertiary/aromatic N) is 2. The van der Waals surface area contributed by atoms with Gasteiger partial charge in [-0.15, -0.1) is 0 Å². The fourth-order valence-corrected chi connectivity index (χ4v) is 2.11. The van der Waals surface area contributed by atoms with Gasteiger partial charge in [0.2, 0.25) is 0 Å². The normalized spacial score (nSPS) is 10.8. The van der Waals surface area contributed by atoms with Crippen molar-refractivity contribution in [2.45, 2.75) is 13.1 Å². The van der Waals surface area contributed by atoms with Gasteiger partial charge in [-0.1, -0.05) is 30.4 Å². The Morgan fingerprint density at radius 3 is 2.75 bits per heavy atom. The number of halogens is 1. The van der Waals surface area contributed by atoms with Crippen LogP contribution in [0.1, 0.15) is 16.7 Å². The highest BCUT2D eigenvalue weighted by Gasteiger charge is 2.08. The second kappa shape index (κ2) is 6.54. The van der Waals surface area contributed by atoms with Crippen LogP contribution >= 0.6 is 12.2 Å². The third-order valence-electron chi connectivity index (χ3n) is 2.95. The summed E-state index contributed by atoms with van der Waals surface area (Å²) in [6.45, 7) is 1.22. The first-order valence-electron chi connectivity index (χ1n) is 6.22. The van der Waals surface area contributed by atoms with E-state index in [9.17, 15) is 4.39 Å². The van der Waals surface area contributed by atoms with Crippen molar-refractivity contribution >= 4 is 17.2 Å². The largest absolute Gasteiger partial charge is 0.389 e. The van der Waals surface area contributed by atoms with Gasteiger partial charge in [0.25, 0.3) is 0 Å². The first-order chi connectivity index (χ1) is 9.56. The van der Waals surface area contributed by atoms with Crippen LogP contribution in [0.5, 0.6) is 0 Å². The van der Waals surface area contributed by atoms with E-state index >= 15 is 0 Å². The van der Waals surface area contributed by atoms with E-state index in [0.717, 1.165) is 5.56 Å². The lowest BCUT2D eigenvalue weighted by Crippen LogP contribution is -2.18. The first-order valence-corrected chi connectivity index (χ1v) is 6.63. The minimum Gasteiger partial charge on any atom is -0.389 e. The molecule has 0 atom stereocenters. The number of thiocarbonyl (C=S) groups is 1. The summed E-state index contributed by atoms with van der Waals surface area (Å²) in [5.41, 5.74) is 7.75. The summed E-state index contributed by atoms with van der Waals surface area (Å²) in [5, 5.41) is 0. The van der Waals surface area contributed by atoms with Crippen LogP contribution < -0.4 is 5.73 Å². The predicted molar refractivity (Wildman–Crippen MR) is 81.7 cm³/mol. The summed E-state index contributed by atoms with van der Waals surface area (Å²) >= 11 is 4.83. The highest BCUT2D eigenvalue weighted by Crippen LogP contribution is 2.13. The Morgan fingerprint density at radius 1 is 1.35 bits per heavy atom. The monoisotopic (exact) mass is 289 g/mol. The Balaban J connectivity index is 2.04. The minimum absolute atomic E-state index is 0.208. The van der Waals surface area contributed by atoms with Crippen molar-refractivity contribution in [1.29, 1.82) is 0 Å². The van der Waals surface area contributed by atoms with Crippen LogP contribution in [-0.4, -0.2) is 21.9 Å². The van der Waals surface area contributed by atoms with E-state index in [1.165, 1.54) is 6.07 Å². The summed E-state index contributed by atoms with van der Waals surface area (Å²) in [7, 11) is 1.94. The highest BCUT2D eigenvalue weighted by atomic mass is 32.1. The number of pyridine rings is 1. The van der Waals surface area contributed by atoms with E-state index in [-0.39, 0.29) is 10.8 Å². The lowest BCUT2D eigenvalue weighted by atomic mass is 10.1. The van der Waals surface area contributed by atoms with Gasteiger partial charge < -0.3 is 5.73 Å². The molecule has 0 fully saturated rings. The molecule has 0 saturated heterocycles. The molecule has 1 aromatic heterocycles. The van der Waals surface area contributed by atoms with Crippen molar-refractivity contribution in [3.05, 3.63) is 65.2 Å². The Kier molecular flexibility index (Phi) is 4.76. The van der Waals surface area contributed by atoms with E-state index < -0.39 is 0 Å². The van der Waals surface area contributed by atoms with Crippen LogP contribution in [0.15, 0.2) is 42.7 Å². The number of hydrogen-bond donors (Lipinski definition) is 1. The van der Waals surface area contributed by atoms with Crippen molar-refractivity contribution in [1.82, 2.24) is 9.88 Å². The number of nitrogens with two attached hydrogens (primary N) is 1. The maximum absolute atomic E-state index is 14.0. The van der Waals surface area contributed by atoms with E-state index in [1.807, 2.05) is 30.3 Å². The molecule has 0 saturated carbocycles. The van der Waals surface area contributed by atoms with Gasteiger partial charge in [-0.05, 0) is 24.7 Å². The number of rotatable bonds is 5. The van der Waals surface area contributed by atoms with Gasteiger partial charge in [0.05, 0.1) is 0 Å². The summed E-state index contributed by atoms with van der Waals surface area (Å²) in [4.78, 5) is 6.30. The van der Waals surface area contributed by atoms with Gasteiger partial charge in [0, 0.05) is 36.6 Å². The summed E-state index contributed by atoms with van der Waals surface area (Å²) < 4.78 is 14.0. The molecule has 5 heteroatoms. The third kappa shape index (κ3) is 3.82. The molecule has 0 aliphatic heterocycles. The van der Waals surface area contributed by atoms with Crippen LogP contribution in [0.4, 0.5) is 4.39 Å². The fraction of sp³-hybridized carbons (Fsp3) is 0.200. The van der Waals surface area contributed by atoms with Crippen molar-refractivity contribution in [3.63, 3.8) is 0 Å². The molecule has 0 amide bonds. The molecular formula is C15H16FN3S. The zero-order valence-electron chi connectivity index (χ0n) is 11.2. The quantitative estimate of drug-likeness (QED) is 0.859. The molecule has 0 radical (unpaired) electrons. The zero-order valence-corrected chi connectivity index (χ0v) is 12.0. The van der Waals surface area contributed by atoms with E-state index in [4.69, 9.17) is 18.0 Å². The van der Waals surface area contributed by atoms with E-state index in [1.54, 1.807) is 18.3 Å². The second-order valence-electron chi connectivity index (χ2n) is 4.70. The fourth-order valence-electron chi connectivity index (χ4n) is 1.98. The lowest BCUT2D eigenvalue weighted by molar-refractivity contribution is 0.313. The van der Waals surface area contributed by atoms with E-state index in [0.29, 0.717) is 24.2 Å². The lowest BCUT2D eigenvalue weighted by Gasteiger charge is -2.17. The molecule has 0 unspecified atom stereocenters. The Morgan fingerprint density at radius 2 is 2.15 bits per heavy atom. The molecule has 20 heavy (non-hydrogen) atoms. The molecule has 1 aromatic carbocycles. The maximum atomic E-state index is 14.0. The van der Waals surface area contributed by atoms with Gasteiger partial charge in [-0.25, -0.2) is 4.39 Å². The zero-order chi connectivity index (χ0) is 14.5. The van der Waals surface area contributed by atoms with Gasteiger partial charge in [-0.2, -0.15) is 0 Å². The molecule has 104 valence electrons. The van der Waals surface area contributed by atoms with Crippen molar-refractivity contribution < 1.29 is 4.39 Å². The molecule has 0 aliphatic rings. The Bertz CT molecular complexity index is 601. The summed E-state index contributed by atoms with van der Waals surface area (Å²) in [6, 6.07) is 8.74. The van der Waals surface area contributed by atoms with Crippen molar-refractivity contribution in [3.8, 4) is 0 Å². The van der Waals surface area contributed by atoms with Crippen LogP contribution in [0.25, 0.3) is 0 Å². The average Bonchev–Trinajstić information content (AvgIpc) is 2.42. The van der Waals surface area contributed by atoms with Crippen molar-refractivity contribution in [2.75, 3.05) is 7.05 Å². The first kappa shape index (κ1) is 14.6. The number of hydrogen-bond acceptors (Lipinski definition) is 3. The van der Waals surface area contributed by atoms with Crippen molar-refractivity contribution in [2.24, 2.45) is 5.73 Å². The second-order valence-corrected chi connectivity index (χ2v) is 5.14. The van der Waals surface area contributed by atoms with Crippen LogP contribution in [0, 0.1) is 5.82 Å². The van der Waals surface area contributed by atoms with Gasteiger partial charge in [0.15, 0.2) is 0 Å². The SMILES string of the molecule is CN(Cc1cccnc1)Cc1ccc(C(N)=S)cc1F. The smallest absolute Gasteiger partial charge is 0.128 e. The molecular weight excluding hydrogens is 273 g/mol. The van der Waals surface area contributed by atoms with Crippen LogP contribution in [-0.2, 0) is 13.1 Å². The van der Waals surface area contributed by atoms with E-state index in [2.05, 4.69) is 4.98 Å². The Labute approximate surface area is 123 Å². The summed E-state index contributed by atoms with van der Waals surface area (Å²) in [6.07, 6.45) is 3.54. The average molecular weight is 289 g/mol. The minimum atomic E-state index is -0.284. The highest BCUT2D eigenvalue weighted by molar-refractivity contribution is 7.80. The van der Waals surface area contributed by atoms with Gasteiger partial charge in [0.1, 0.15) is 10.8 Å². The number of benzene rings is 1. The molecule has 1 heterocycles. The van der Waals surface area contributed by atoms with Crippen LogP contribution in [0.2, 0.25) is 0 Å². The number of aromatic nitrogens is 1. The standard InChI is InChI=1S/C15H16FN3S/c1-19(9-11-3-2-6-18-8-11)10-13-5-4-12(15(17)20)7-14(13)16/h2-8H,9-10H2,1H3,(H2,17,20). The molecule has 0 spiro atoms. The molecule has 0 bridgehead atoms. The topological polar surface area (TPSA) is 42.2 Å². The molecule has 2 aromatic rings. The molecule has 2 rings (SSSR count). The molecule has 0 aliphatic carbocycles. The summed E-state index contributed by atoms with van der Waals surface area (Å²) in [5.74, 6) is -0.284. The molecule has 3 nitrogen and oxygen atoms in total. The van der Waals surface area contributed by atoms with Gasteiger partial charge >= 0.3 is 0 Å². The van der Waals surface area contributed by atoms with Gasteiger partial charge in [-0.3, -0.25) is 9.88 Å².